The molecule has 3 amide bonds. The van der Waals surface area contributed by atoms with Gasteiger partial charge in [-0.05, 0) is 106 Å². The summed E-state index contributed by atoms with van der Waals surface area (Å²) in [7, 11) is 0. The Labute approximate surface area is 354 Å². The Morgan fingerprint density at radius 1 is 0.700 bits per heavy atom. The molecule has 0 spiro atoms. The fourth-order valence-corrected chi connectivity index (χ4v) is 5.79. The van der Waals surface area contributed by atoms with Crippen molar-refractivity contribution in [3.8, 4) is 0 Å². The van der Waals surface area contributed by atoms with Crippen LogP contribution in [-0.4, -0.2) is 51.2 Å². The predicted octanol–water partition coefficient (Wildman–Crippen LogP) is 7.64. The zero-order chi connectivity index (χ0) is 45.5. The lowest BCUT2D eigenvalue weighted by atomic mass is 9.91. The summed E-state index contributed by atoms with van der Waals surface area (Å²) in [5, 5.41) is 29.1. The van der Waals surface area contributed by atoms with Crippen LogP contribution in [0.4, 0.5) is 24.5 Å². The zero-order valence-corrected chi connectivity index (χ0v) is 34.5. The summed E-state index contributed by atoms with van der Waals surface area (Å²) >= 11 is 12.2. The molecule has 13 nitrogen and oxygen atoms in total. The fraction of sp³-hybridized carbons (Fsp3) is 0.286. The van der Waals surface area contributed by atoms with Gasteiger partial charge in [0.1, 0.15) is 0 Å². The van der Waals surface area contributed by atoms with E-state index in [0.717, 1.165) is 35.4 Å². The number of nitrogens with zero attached hydrogens (tertiary/aromatic N) is 2. The number of aliphatic hydroxyl groups is 2. The van der Waals surface area contributed by atoms with E-state index in [0.29, 0.717) is 33.0 Å². The average Bonchev–Trinajstić information content (AvgIpc) is 3.20. The Bertz CT molecular complexity index is 2240. The number of carboxylic acid groups (broad SMARTS) is 1. The molecule has 4 atom stereocenters. The first-order valence-corrected chi connectivity index (χ1v) is 18.6. The highest BCUT2D eigenvalue weighted by molar-refractivity contribution is 6.34. The number of hydrogen-bond acceptors (Lipinski definition) is 7. The van der Waals surface area contributed by atoms with Crippen molar-refractivity contribution in [3.63, 3.8) is 0 Å². The van der Waals surface area contributed by atoms with Gasteiger partial charge in [0.2, 0.25) is 17.3 Å². The molecule has 0 bridgehead atoms. The van der Waals surface area contributed by atoms with Crippen molar-refractivity contribution in [2.75, 3.05) is 0 Å². The number of halogens is 5. The van der Waals surface area contributed by atoms with Gasteiger partial charge < -0.3 is 15.3 Å². The molecule has 0 heterocycles. The summed E-state index contributed by atoms with van der Waals surface area (Å²) in [6.07, 6.45) is -6.27. The number of carbonyl (C=O) groups is 4. The van der Waals surface area contributed by atoms with E-state index in [9.17, 15) is 42.6 Å². The quantitative estimate of drug-likeness (QED) is 0.0365. The maximum Gasteiger partial charge on any atom is 0.416 e. The molecule has 0 aliphatic carbocycles. The summed E-state index contributed by atoms with van der Waals surface area (Å²) in [5.74, 6) is 0.296. The first kappa shape index (κ1) is 50.1. The number of rotatable bonds is 10. The van der Waals surface area contributed by atoms with E-state index < -0.39 is 53.6 Å². The van der Waals surface area contributed by atoms with E-state index in [4.69, 9.17) is 47.3 Å². The number of nitrogen functional groups attached to an aromatic ring is 1. The van der Waals surface area contributed by atoms with Gasteiger partial charge in [0, 0.05) is 11.1 Å². The molecule has 18 heteroatoms. The highest BCUT2D eigenvalue weighted by Gasteiger charge is 2.31. The monoisotopic (exact) mass is 870 g/mol. The van der Waals surface area contributed by atoms with E-state index in [-0.39, 0.29) is 35.0 Å². The fourth-order valence-electron chi connectivity index (χ4n) is 5.34. The number of nitrogens with two attached hydrogens (primary N) is 1. The molecule has 0 aliphatic rings. The van der Waals surface area contributed by atoms with Crippen molar-refractivity contribution >= 4 is 58.3 Å². The van der Waals surface area contributed by atoms with Gasteiger partial charge in [-0.2, -0.15) is 13.2 Å². The summed E-state index contributed by atoms with van der Waals surface area (Å²) in [6, 6.07) is 17.1. The highest BCUT2D eigenvalue weighted by Crippen LogP contribution is 2.33. The minimum Gasteiger partial charge on any atom is -0.481 e. The van der Waals surface area contributed by atoms with Crippen LogP contribution in [0.15, 0.2) is 72.8 Å². The topological polar surface area (TPSA) is 200 Å². The van der Waals surface area contributed by atoms with E-state index in [1.165, 1.54) is 19.9 Å². The van der Waals surface area contributed by atoms with Crippen LogP contribution in [0.5, 0.6) is 0 Å². The first-order chi connectivity index (χ1) is 28.1. The second-order valence-corrected chi connectivity index (χ2v) is 14.1. The van der Waals surface area contributed by atoms with Gasteiger partial charge in [0.15, 0.2) is 0 Å². The van der Waals surface area contributed by atoms with E-state index in [2.05, 4.69) is 26.0 Å². The molecular formula is C42H43Cl2F3N6O7. The van der Waals surface area contributed by atoms with Gasteiger partial charge in [-0.3, -0.25) is 35.5 Å². The number of nitrogens with one attached hydrogen (secondary N) is 3. The summed E-state index contributed by atoms with van der Waals surface area (Å²) in [5.41, 5.74) is 10.4. The molecule has 4 aromatic rings. The normalized spacial score (nSPS) is 12.6. The van der Waals surface area contributed by atoms with Gasteiger partial charge in [-0.25, -0.2) is 15.5 Å². The van der Waals surface area contributed by atoms with E-state index >= 15 is 0 Å². The largest absolute Gasteiger partial charge is 0.481 e. The van der Waals surface area contributed by atoms with Crippen molar-refractivity contribution in [1.82, 2.24) is 16.3 Å². The van der Waals surface area contributed by atoms with Crippen LogP contribution in [0.3, 0.4) is 0 Å². The third kappa shape index (κ3) is 14.4. The highest BCUT2D eigenvalue weighted by atomic mass is 35.5. The third-order valence-corrected chi connectivity index (χ3v) is 10.1. The number of benzene rings is 4. The average molecular weight is 872 g/mol. The number of carbonyl (C=O) groups excluding carboxylic acids is 3. The number of hydrazine groups is 2. The Morgan fingerprint density at radius 2 is 1.12 bits per heavy atom. The number of hydrogen-bond donors (Lipinski definition) is 7. The Hall–Kier alpha value is -6.01. The van der Waals surface area contributed by atoms with Crippen LogP contribution in [-0.2, 0) is 28.6 Å². The number of amides is 3. The van der Waals surface area contributed by atoms with Crippen molar-refractivity contribution < 1.29 is 47.7 Å². The van der Waals surface area contributed by atoms with Crippen molar-refractivity contribution in [2.24, 2.45) is 17.7 Å². The van der Waals surface area contributed by atoms with Crippen LogP contribution >= 0.6 is 23.2 Å². The van der Waals surface area contributed by atoms with Crippen molar-refractivity contribution in [3.05, 3.63) is 150 Å². The molecule has 318 valence electrons. The van der Waals surface area contributed by atoms with E-state index in [1.54, 1.807) is 44.2 Å². The van der Waals surface area contributed by atoms with Crippen molar-refractivity contribution in [2.45, 2.75) is 65.8 Å². The lowest BCUT2D eigenvalue weighted by molar-refractivity contribution is -0.145. The first-order valence-electron chi connectivity index (χ1n) is 17.8. The van der Waals surface area contributed by atoms with Crippen LogP contribution in [0.2, 0.25) is 10.0 Å². The minimum atomic E-state index is -4.53. The second-order valence-electron chi connectivity index (χ2n) is 13.4. The third-order valence-electron chi connectivity index (χ3n) is 9.11. The number of carboxylic acids is 1. The van der Waals surface area contributed by atoms with Gasteiger partial charge in [0.05, 0.1) is 52.8 Å². The van der Waals surface area contributed by atoms with Gasteiger partial charge in [0.25, 0.3) is 11.8 Å². The number of aliphatic hydroxyl groups excluding tert-OH is 2. The summed E-state index contributed by atoms with van der Waals surface area (Å²) < 4.78 is 37.8. The van der Waals surface area contributed by atoms with Crippen LogP contribution in [0.25, 0.3) is 9.69 Å². The lowest BCUT2D eigenvalue weighted by Gasteiger charge is -2.21. The van der Waals surface area contributed by atoms with Gasteiger partial charge >= 0.3 is 12.1 Å². The number of aliphatic carboxylic acids is 1. The maximum atomic E-state index is 12.6. The molecule has 0 aromatic heterocycles. The maximum absolute atomic E-state index is 12.6. The smallest absolute Gasteiger partial charge is 0.416 e. The van der Waals surface area contributed by atoms with Crippen molar-refractivity contribution in [1.29, 1.82) is 0 Å². The summed E-state index contributed by atoms with van der Waals surface area (Å²) in [4.78, 5) is 53.1. The molecule has 4 rings (SSSR count). The molecule has 0 saturated heterocycles. The number of alkyl halides is 3. The molecule has 0 unspecified atom stereocenters. The predicted molar refractivity (Wildman–Crippen MR) is 220 cm³/mol. The molecule has 60 heavy (non-hydrogen) atoms. The molecule has 4 aromatic carbocycles. The van der Waals surface area contributed by atoms with Crippen LogP contribution < -0.4 is 22.1 Å². The zero-order valence-electron chi connectivity index (χ0n) is 33.0. The van der Waals surface area contributed by atoms with Gasteiger partial charge in [-0.1, -0.05) is 65.2 Å². The molecule has 0 saturated carbocycles. The second kappa shape index (κ2) is 23.0. The summed E-state index contributed by atoms with van der Waals surface area (Å²) in [6.45, 7) is 22.3. The minimum absolute atomic E-state index is 0.0840. The lowest BCUT2D eigenvalue weighted by Crippen LogP contribution is -2.47. The Kier molecular flexibility index (Phi) is 19.2. The Morgan fingerprint density at radius 3 is 1.50 bits per heavy atom. The van der Waals surface area contributed by atoms with Gasteiger partial charge in [-0.15, -0.1) is 0 Å². The molecule has 8 N–H and O–H groups in total. The molecule has 0 fully saturated rings. The van der Waals surface area contributed by atoms with Crippen LogP contribution in [0, 0.1) is 45.8 Å². The molecule has 0 radical (unpaired) electrons. The van der Waals surface area contributed by atoms with Crippen LogP contribution in [0.1, 0.15) is 67.9 Å². The molecule has 0 aliphatic heterocycles. The Balaban J connectivity index is 0.000000357. The standard InChI is InChI=1S/C21H19ClF3N3O3.C13H14ClNO3.C8H10N2O/c1-11-14(6-9-17(26-3)18(11)22)10-16(12(2)29)20(31)28-27-19(30)13-4-7-15(8-5-13)21(23,24)25;1-7-9(4-5-11(15-3)12(7)14)6-10(8(2)16)13(17)18;1-6-2-4-7(5-3-6)8(11)10-9/h4-9,12,16,29H,10H2,1-2H3,(H,27,30)(H,28,31);4-5,8,10,16H,6H2,1-2H3,(H,17,18);2-5H,9H2,1H3,(H,10,11)/t12-,16+;8-,10+;/m00./s1. The SMILES string of the molecule is Cc1ccc(C(=O)NN)cc1.[C-]#[N+]c1ccc(C[C@@H](C(=O)NNC(=O)c2ccc(C(F)(F)F)cc2)[C@H](C)O)c(C)c1Cl.[C-]#[N+]c1ccc(C[C@@H](C(=O)O)[C@H](C)O)c(C)c1Cl. The number of aryl methyl sites for hydroxylation is 1. The van der Waals surface area contributed by atoms with E-state index in [1.807, 2.05) is 19.1 Å². The molecular weight excluding hydrogens is 828 g/mol.